The van der Waals surface area contributed by atoms with E-state index in [-0.39, 0.29) is 47.0 Å². The van der Waals surface area contributed by atoms with Crippen molar-refractivity contribution in [2.75, 3.05) is 0 Å². The molecule has 294 valence electrons. The summed E-state index contributed by atoms with van der Waals surface area (Å²) in [7, 11) is 0. The van der Waals surface area contributed by atoms with Crippen molar-refractivity contribution in [3.63, 3.8) is 0 Å². The van der Waals surface area contributed by atoms with E-state index in [1.165, 1.54) is 12.1 Å². The molecule has 0 aliphatic carbocycles. The first-order valence-corrected chi connectivity index (χ1v) is 21.4. The highest BCUT2D eigenvalue weighted by atomic mass is 32.1. The zero-order chi connectivity index (χ0) is 46.7. The molecule has 9 aromatic carbocycles. The largest absolute Gasteiger partial charge is 0.456 e. The van der Waals surface area contributed by atoms with Gasteiger partial charge in [-0.25, -0.2) is 15.0 Å². The van der Waals surface area contributed by atoms with Crippen LogP contribution in [0.1, 0.15) is 8.22 Å². The Balaban J connectivity index is 1.01. The minimum absolute atomic E-state index is 0.00756. The summed E-state index contributed by atoms with van der Waals surface area (Å²) in [6.45, 7) is 0. The monoisotopic (exact) mass is 828 g/mol. The van der Waals surface area contributed by atoms with Crippen molar-refractivity contribution in [3.8, 4) is 62.1 Å². The Morgan fingerprint density at radius 1 is 0.413 bits per heavy atom. The van der Waals surface area contributed by atoms with Crippen molar-refractivity contribution in [2.45, 2.75) is 0 Å². The van der Waals surface area contributed by atoms with Crippen molar-refractivity contribution in [1.29, 1.82) is 0 Å². The number of aromatic nitrogens is 4. The van der Waals surface area contributed by atoms with Crippen molar-refractivity contribution in [1.82, 2.24) is 19.5 Å². The van der Waals surface area contributed by atoms with E-state index in [9.17, 15) is 2.74 Å². The number of hydrogen-bond donors (Lipinski definition) is 0. The number of thiophene rings is 1. The van der Waals surface area contributed by atoms with Gasteiger partial charge in [-0.15, -0.1) is 11.3 Å². The van der Waals surface area contributed by atoms with Crippen LogP contribution in [0.5, 0.6) is 0 Å². The summed E-state index contributed by atoms with van der Waals surface area (Å²) in [5.41, 5.74) is 8.85. The molecule has 13 rings (SSSR count). The molecular formula is C57H34N4OS. The highest BCUT2D eigenvalue weighted by Crippen LogP contribution is 2.45. The molecule has 0 bridgehead atoms. The third-order valence-corrected chi connectivity index (χ3v) is 13.0. The Morgan fingerprint density at radius 3 is 1.76 bits per heavy atom. The summed E-state index contributed by atoms with van der Waals surface area (Å²) >= 11 is 1.70. The summed E-state index contributed by atoms with van der Waals surface area (Å²) in [6, 6.07) is 54.8. The highest BCUT2D eigenvalue weighted by molar-refractivity contribution is 7.26. The van der Waals surface area contributed by atoms with Gasteiger partial charge >= 0.3 is 0 Å². The Kier molecular flexibility index (Phi) is 6.75. The van der Waals surface area contributed by atoms with Gasteiger partial charge in [-0.1, -0.05) is 152 Å². The smallest absolute Gasteiger partial charge is 0.164 e. The van der Waals surface area contributed by atoms with Crippen LogP contribution in [-0.4, -0.2) is 19.5 Å². The average molecular weight is 829 g/mol. The van der Waals surface area contributed by atoms with E-state index in [1.54, 1.807) is 15.9 Å². The van der Waals surface area contributed by atoms with Gasteiger partial charge in [0.1, 0.15) is 11.2 Å². The Morgan fingerprint density at radius 2 is 1.03 bits per heavy atom. The molecule has 4 aromatic heterocycles. The zero-order valence-corrected chi connectivity index (χ0v) is 34.1. The molecule has 4 heterocycles. The van der Waals surface area contributed by atoms with E-state index in [0.29, 0.717) is 39.8 Å². The molecule has 0 amide bonds. The molecule has 0 aliphatic rings. The van der Waals surface area contributed by atoms with Gasteiger partial charge in [0.05, 0.1) is 24.9 Å². The fourth-order valence-corrected chi connectivity index (χ4v) is 10.1. The van der Waals surface area contributed by atoms with E-state index in [4.69, 9.17) is 24.9 Å². The van der Waals surface area contributed by atoms with Gasteiger partial charge in [-0.05, 0) is 65.7 Å². The third-order valence-electron chi connectivity index (χ3n) is 11.8. The van der Waals surface area contributed by atoms with Gasteiger partial charge in [0.25, 0.3) is 0 Å². The van der Waals surface area contributed by atoms with Gasteiger partial charge in [0.2, 0.25) is 0 Å². The van der Waals surface area contributed by atoms with Gasteiger partial charge in [-0.2, -0.15) is 0 Å². The SMILES string of the molecule is [2H]c1cc([2H])c2c(c1[2H])c1c([2H])c([2H])cc([2H])c1n2-c1ccc(-c2ccc3oc4cc(-c5nc(-c6ccccc6)nc(-c6ccccc6)n5)ccc4c3c2)cc1-c1cccc2c1sc1ccccc12. The molecule has 0 N–H and O–H groups in total. The van der Waals surface area contributed by atoms with Crippen LogP contribution in [0, 0.1) is 0 Å². The van der Waals surface area contributed by atoms with Gasteiger partial charge < -0.3 is 8.98 Å². The molecule has 63 heavy (non-hydrogen) atoms. The average Bonchev–Trinajstić information content (AvgIpc) is 4.08. The van der Waals surface area contributed by atoms with Crippen LogP contribution in [0.25, 0.3) is 126 Å². The van der Waals surface area contributed by atoms with E-state index in [2.05, 4.69) is 42.5 Å². The second-order valence-electron chi connectivity index (χ2n) is 15.5. The number of nitrogens with zero attached hydrogens (tertiary/aromatic N) is 4. The summed E-state index contributed by atoms with van der Waals surface area (Å²) in [6.07, 6.45) is 0. The lowest BCUT2D eigenvalue weighted by atomic mass is 9.95. The summed E-state index contributed by atoms with van der Waals surface area (Å²) in [5.74, 6) is 1.68. The molecule has 0 saturated heterocycles. The standard InChI is InChI=1S/C57H34N4OS/c1-3-14-35(15-4-1)55-58-56(36-16-5-2-6-17-36)60-57(59-55)39-26-29-42-47-33-38(28-31-51(47)62-52(42)34-39)37-27-30-50(61-48-23-10-7-18-40(48)41-19-8-11-24-49(41)61)46(32-37)45-22-13-21-44-43-20-9-12-25-53(43)63-54(44)45/h1-34H/i7D,8D,18D,19D,23D,24D. The number of benzene rings is 9. The second kappa shape index (κ2) is 14.2. The van der Waals surface area contributed by atoms with Crippen LogP contribution < -0.4 is 0 Å². The molecule has 0 radical (unpaired) electrons. The molecule has 0 unspecified atom stereocenters. The maximum atomic E-state index is 9.24. The van der Waals surface area contributed by atoms with Crippen LogP contribution in [0.3, 0.4) is 0 Å². The van der Waals surface area contributed by atoms with Crippen LogP contribution in [0.4, 0.5) is 0 Å². The number of fused-ring (bicyclic) bond motifs is 9. The highest BCUT2D eigenvalue weighted by Gasteiger charge is 2.20. The molecule has 0 aliphatic heterocycles. The second-order valence-corrected chi connectivity index (χ2v) is 16.5. The summed E-state index contributed by atoms with van der Waals surface area (Å²) < 4.78 is 64.3. The Bertz CT molecular complexity index is 4150. The van der Waals surface area contributed by atoms with Crippen LogP contribution in [-0.2, 0) is 0 Å². The minimum atomic E-state index is -0.156. The van der Waals surface area contributed by atoms with E-state index in [0.717, 1.165) is 75.5 Å². The fourth-order valence-electron chi connectivity index (χ4n) is 8.87. The topological polar surface area (TPSA) is 56.7 Å². The quantitative estimate of drug-likeness (QED) is 0.168. The molecule has 0 fully saturated rings. The molecule has 6 heteroatoms. The van der Waals surface area contributed by atoms with Gasteiger partial charge in [-0.3, -0.25) is 0 Å². The fraction of sp³-hybridized carbons (Fsp3) is 0. The predicted molar refractivity (Wildman–Crippen MR) is 262 cm³/mol. The lowest BCUT2D eigenvalue weighted by Crippen LogP contribution is -2.00. The lowest BCUT2D eigenvalue weighted by Gasteiger charge is -2.17. The number of para-hydroxylation sites is 2. The lowest BCUT2D eigenvalue weighted by molar-refractivity contribution is 0.669. The van der Waals surface area contributed by atoms with E-state index in [1.807, 2.05) is 115 Å². The number of furan rings is 1. The Hall–Kier alpha value is -8.19. The summed E-state index contributed by atoms with van der Waals surface area (Å²) in [4.78, 5) is 14.7. The first-order valence-electron chi connectivity index (χ1n) is 23.6. The van der Waals surface area contributed by atoms with Crippen molar-refractivity contribution in [3.05, 3.63) is 206 Å². The first-order chi connectivity index (χ1) is 33.7. The maximum absolute atomic E-state index is 9.24. The molecule has 0 saturated carbocycles. The number of hydrogen-bond acceptors (Lipinski definition) is 5. The number of rotatable bonds is 6. The van der Waals surface area contributed by atoms with Crippen molar-refractivity contribution < 1.29 is 12.6 Å². The molecule has 0 spiro atoms. The zero-order valence-electron chi connectivity index (χ0n) is 39.3. The van der Waals surface area contributed by atoms with E-state index >= 15 is 0 Å². The molecule has 5 nitrogen and oxygen atoms in total. The summed E-state index contributed by atoms with van der Waals surface area (Å²) in [5, 5.41) is 4.54. The Labute approximate surface area is 374 Å². The molecular weight excluding hydrogens is 789 g/mol. The van der Waals surface area contributed by atoms with Crippen molar-refractivity contribution in [2.24, 2.45) is 0 Å². The van der Waals surface area contributed by atoms with Crippen LogP contribution in [0.15, 0.2) is 211 Å². The van der Waals surface area contributed by atoms with E-state index < -0.39 is 0 Å². The first kappa shape index (κ1) is 29.9. The maximum Gasteiger partial charge on any atom is 0.164 e. The van der Waals surface area contributed by atoms with Crippen LogP contribution in [0.2, 0.25) is 0 Å². The molecule has 0 atom stereocenters. The normalized spacial score (nSPS) is 13.1. The molecule has 13 aromatic rings. The predicted octanol–water partition coefficient (Wildman–Crippen LogP) is 15.6. The van der Waals surface area contributed by atoms with Gasteiger partial charge in [0.15, 0.2) is 17.5 Å². The van der Waals surface area contributed by atoms with Gasteiger partial charge in [0, 0.05) is 69.5 Å². The third kappa shape index (κ3) is 5.80. The minimum Gasteiger partial charge on any atom is -0.456 e. The van der Waals surface area contributed by atoms with Crippen LogP contribution >= 0.6 is 11.3 Å². The van der Waals surface area contributed by atoms with Crippen molar-refractivity contribution >= 4 is 75.3 Å².